The molecule has 0 saturated carbocycles. The van der Waals surface area contributed by atoms with E-state index in [4.69, 9.17) is 5.26 Å². The SMILES string of the molecule is Cc1cc(NCCCNS(C)(=O)=O)c(C#N)c(C)n1. The first-order valence-corrected chi connectivity index (χ1v) is 7.79. The maximum Gasteiger partial charge on any atom is 0.208 e. The van der Waals surface area contributed by atoms with Crippen molar-refractivity contribution < 1.29 is 8.42 Å². The number of anilines is 1. The first-order valence-electron chi connectivity index (χ1n) is 5.90. The van der Waals surface area contributed by atoms with Crippen molar-refractivity contribution in [3.8, 4) is 6.07 Å². The molecule has 0 aliphatic rings. The van der Waals surface area contributed by atoms with E-state index in [1.165, 1.54) is 0 Å². The van der Waals surface area contributed by atoms with Gasteiger partial charge >= 0.3 is 0 Å². The molecule has 1 aromatic rings. The van der Waals surface area contributed by atoms with Crippen LogP contribution in [0.25, 0.3) is 0 Å². The highest BCUT2D eigenvalue weighted by Gasteiger charge is 2.07. The Morgan fingerprint density at radius 2 is 2.05 bits per heavy atom. The molecule has 0 saturated heterocycles. The van der Waals surface area contributed by atoms with E-state index in [2.05, 4.69) is 21.1 Å². The van der Waals surface area contributed by atoms with Crippen molar-refractivity contribution in [3.05, 3.63) is 23.0 Å². The number of hydrogen-bond acceptors (Lipinski definition) is 5. The Labute approximate surface area is 113 Å². The van der Waals surface area contributed by atoms with Crippen LogP contribution in [0.5, 0.6) is 0 Å². The van der Waals surface area contributed by atoms with Crippen molar-refractivity contribution >= 4 is 15.7 Å². The smallest absolute Gasteiger partial charge is 0.208 e. The number of hydrogen-bond donors (Lipinski definition) is 2. The van der Waals surface area contributed by atoms with E-state index < -0.39 is 10.0 Å². The van der Waals surface area contributed by atoms with E-state index in [-0.39, 0.29) is 0 Å². The third-order valence-electron chi connectivity index (χ3n) is 2.47. The average molecular weight is 282 g/mol. The summed E-state index contributed by atoms with van der Waals surface area (Å²) < 4.78 is 24.2. The molecule has 0 spiro atoms. The minimum Gasteiger partial charge on any atom is -0.384 e. The van der Waals surface area contributed by atoms with Crippen molar-refractivity contribution in [2.45, 2.75) is 20.3 Å². The van der Waals surface area contributed by atoms with E-state index in [9.17, 15) is 8.42 Å². The van der Waals surface area contributed by atoms with Crippen LogP contribution in [-0.4, -0.2) is 32.7 Å². The maximum atomic E-state index is 10.9. The fourth-order valence-corrected chi connectivity index (χ4v) is 2.19. The number of nitriles is 1. The van der Waals surface area contributed by atoms with Gasteiger partial charge in [-0.1, -0.05) is 0 Å². The predicted molar refractivity (Wildman–Crippen MR) is 74.4 cm³/mol. The van der Waals surface area contributed by atoms with Crippen LogP contribution in [0.3, 0.4) is 0 Å². The highest BCUT2D eigenvalue weighted by atomic mass is 32.2. The molecular formula is C12H18N4O2S. The van der Waals surface area contributed by atoms with Crippen LogP contribution >= 0.6 is 0 Å². The van der Waals surface area contributed by atoms with Gasteiger partial charge < -0.3 is 5.32 Å². The zero-order valence-electron chi connectivity index (χ0n) is 11.3. The molecule has 6 nitrogen and oxygen atoms in total. The largest absolute Gasteiger partial charge is 0.384 e. The van der Waals surface area contributed by atoms with Crippen LogP contribution in [0.2, 0.25) is 0 Å². The van der Waals surface area contributed by atoms with Crippen molar-refractivity contribution in [1.29, 1.82) is 5.26 Å². The van der Waals surface area contributed by atoms with E-state index in [0.717, 1.165) is 17.6 Å². The molecule has 2 N–H and O–H groups in total. The van der Waals surface area contributed by atoms with Gasteiger partial charge in [0.25, 0.3) is 0 Å². The summed E-state index contributed by atoms with van der Waals surface area (Å²) in [5, 5.41) is 12.2. The molecule has 0 aliphatic heterocycles. The lowest BCUT2D eigenvalue weighted by atomic mass is 10.1. The molecule has 0 unspecified atom stereocenters. The molecule has 1 aromatic heterocycles. The van der Waals surface area contributed by atoms with Gasteiger partial charge in [0.15, 0.2) is 0 Å². The second-order valence-electron chi connectivity index (χ2n) is 4.33. The number of nitrogens with one attached hydrogen (secondary N) is 2. The first kappa shape index (κ1) is 15.4. The molecule has 1 rings (SSSR count). The van der Waals surface area contributed by atoms with Gasteiger partial charge in [0.1, 0.15) is 6.07 Å². The minimum absolute atomic E-state index is 0.372. The predicted octanol–water partition coefficient (Wildman–Crippen LogP) is 0.921. The summed E-state index contributed by atoms with van der Waals surface area (Å²) in [5.74, 6) is 0. The van der Waals surface area contributed by atoms with Gasteiger partial charge in [-0.05, 0) is 26.3 Å². The summed E-state index contributed by atoms with van der Waals surface area (Å²) in [6, 6.07) is 3.93. The Hall–Kier alpha value is -1.65. The number of rotatable bonds is 6. The molecule has 0 amide bonds. The first-order chi connectivity index (χ1) is 8.83. The Kier molecular flexibility index (Phi) is 5.27. The lowest BCUT2D eigenvalue weighted by Crippen LogP contribution is -2.24. The Balaban J connectivity index is 2.57. The zero-order valence-corrected chi connectivity index (χ0v) is 12.1. The fraction of sp³-hybridized carbons (Fsp3) is 0.500. The Morgan fingerprint density at radius 3 is 2.63 bits per heavy atom. The van der Waals surface area contributed by atoms with Crippen LogP contribution in [-0.2, 0) is 10.0 Å². The number of sulfonamides is 1. The number of nitrogens with zero attached hydrogens (tertiary/aromatic N) is 2. The summed E-state index contributed by atoms with van der Waals surface area (Å²) in [5.41, 5.74) is 2.81. The summed E-state index contributed by atoms with van der Waals surface area (Å²) in [6.07, 6.45) is 1.77. The van der Waals surface area contributed by atoms with Gasteiger partial charge in [-0.15, -0.1) is 0 Å². The third kappa shape index (κ3) is 5.24. The molecule has 1 heterocycles. The quantitative estimate of drug-likeness (QED) is 0.757. The Bertz CT molecular complexity index is 590. The van der Waals surface area contributed by atoms with Crippen LogP contribution < -0.4 is 10.0 Å². The van der Waals surface area contributed by atoms with Crippen LogP contribution in [0, 0.1) is 25.2 Å². The third-order valence-corrected chi connectivity index (χ3v) is 3.20. The lowest BCUT2D eigenvalue weighted by molar-refractivity contribution is 0.586. The van der Waals surface area contributed by atoms with Crippen LogP contribution in [0.15, 0.2) is 6.07 Å². The van der Waals surface area contributed by atoms with Crippen molar-refractivity contribution in [2.24, 2.45) is 0 Å². The summed E-state index contributed by atoms with van der Waals surface area (Å²) in [7, 11) is -3.14. The van der Waals surface area contributed by atoms with E-state index >= 15 is 0 Å². The van der Waals surface area contributed by atoms with Gasteiger partial charge in [-0.2, -0.15) is 5.26 Å². The topological polar surface area (TPSA) is 94.9 Å². The number of aryl methyl sites for hydroxylation is 2. The highest BCUT2D eigenvalue weighted by molar-refractivity contribution is 7.88. The normalized spacial score (nSPS) is 11.1. The van der Waals surface area contributed by atoms with Crippen molar-refractivity contribution in [3.63, 3.8) is 0 Å². The molecule has 0 fully saturated rings. The number of aromatic nitrogens is 1. The summed E-state index contributed by atoms with van der Waals surface area (Å²) in [6.45, 7) is 4.61. The Morgan fingerprint density at radius 1 is 1.37 bits per heavy atom. The van der Waals surface area contributed by atoms with Gasteiger partial charge in [-0.3, -0.25) is 4.98 Å². The lowest BCUT2D eigenvalue weighted by Gasteiger charge is -2.10. The molecular weight excluding hydrogens is 264 g/mol. The monoisotopic (exact) mass is 282 g/mol. The molecule has 19 heavy (non-hydrogen) atoms. The summed E-state index contributed by atoms with van der Waals surface area (Å²) >= 11 is 0. The van der Waals surface area contributed by atoms with Crippen molar-refractivity contribution in [2.75, 3.05) is 24.7 Å². The molecule has 104 valence electrons. The second kappa shape index (κ2) is 6.50. The summed E-state index contributed by atoms with van der Waals surface area (Å²) in [4.78, 5) is 4.23. The van der Waals surface area contributed by atoms with E-state index in [1.54, 1.807) is 6.92 Å². The molecule has 7 heteroatoms. The van der Waals surface area contributed by atoms with Crippen LogP contribution in [0.4, 0.5) is 5.69 Å². The van der Waals surface area contributed by atoms with Gasteiger partial charge in [0.05, 0.1) is 23.2 Å². The zero-order chi connectivity index (χ0) is 14.5. The van der Waals surface area contributed by atoms with Gasteiger partial charge in [0.2, 0.25) is 10.0 Å². The van der Waals surface area contributed by atoms with E-state index in [0.29, 0.717) is 30.8 Å². The molecule has 0 bridgehead atoms. The number of pyridine rings is 1. The second-order valence-corrected chi connectivity index (χ2v) is 6.16. The van der Waals surface area contributed by atoms with Gasteiger partial charge in [0, 0.05) is 18.8 Å². The fourth-order valence-electron chi connectivity index (χ4n) is 1.68. The van der Waals surface area contributed by atoms with Gasteiger partial charge in [-0.25, -0.2) is 13.1 Å². The maximum absolute atomic E-state index is 10.9. The minimum atomic E-state index is -3.14. The van der Waals surface area contributed by atoms with Crippen LogP contribution in [0.1, 0.15) is 23.4 Å². The molecule has 0 atom stereocenters. The average Bonchev–Trinajstić information content (AvgIpc) is 2.26. The molecule has 0 radical (unpaired) electrons. The highest BCUT2D eigenvalue weighted by Crippen LogP contribution is 2.18. The molecule has 0 aromatic carbocycles. The van der Waals surface area contributed by atoms with E-state index in [1.807, 2.05) is 13.0 Å². The standard InChI is InChI=1S/C12H18N4O2S/c1-9-7-12(11(8-13)10(2)16-9)14-5-4-6-15-19(3,17)18/h7,15H,4-6H2,1-3H3,(H,14,16). The molecule has 0 aliphatic carbocycles. The van der Waals surface area contributed by atoms with Crippen molar-refractivity contribution in [1.82, 2.24) is 9.71 Å².